The van der Waals surface area contributed by atoms with Crippen LogP contribution in [0.4, 0.5) is 0 Å². The van der Waals surface area contributed by atoms with Gasteiger partial charge in [-0.1, -0.05) is 26.7 Å². The van der Waals surface area contributed by atoms with Gasteiger partial charge in [-0.25, -0.2) is 0 Å². The number of nitrogens with one attached hydrogen (secondary N) is 1. The average Bonchev–Trinajstić information content (AvgIpc) is 3.01. The summed E-state index contributed by atoms with van der Waals surface area (Å²) in [6.07, 6.45) is 8.33. The van der Waals surface area contributed by atoms with Crippen molar-refractivity contribution in [3.05, 3.63) is 0 Å². The highest BCUT2D eigenvalue weighted by molar-refractivity contribution is 5.80. The van der Waals surface area contributed by atoms with Crippen molar-refractivity contribution in [3.63, 3.8) is 0 Å². The Morgan fingerprint density at radius 1 is 1.19 bits per heavy atom. The maximum atomic E-state index is 11.7. The van der Waals surface area contributed by atoms with Crippen LogP contribution in [0.15, 0.2) is 0 Å². The molecular formula is C17H32N2O2. The van der Waals surface area contributed by atoms with Gasteiger partial charge in [0.2, 0.25) is 5.91 Å². The number of rotatable bonds is 6. The number of piperidine rings is 1. The number of nitrogens with zero attached hydrogens (tertiary/aromatic N) is 1. The summed E-state index contributed by atoms with van der Waals surface area (Å²) in [5.74, 6) is 0.507. The third-order valence-electron chi connectivity index (χ3n) is 5.24. The van der Waals surface area contributed by atoms with Crippen LogP contribution in [0, 0.1) is 11.8 Å². The van der Waals surface area contributed by atoms with E-state index >= 15 is 0 Å². The molecule has 1 heterocycles. The molecular weight excluding hydrogens is 264 g/mol. The van der Waals surface area contributed by atoms with E-state index < -0.39 is 6.10 Å². The van der Waals surface area contributed by atoms with Gasteiger partial charge in [0.05, 0.1) is 0 Å². The summed E-state index contributed by atoms with van der Waals surface area (Å²) in [6, 6.07) is 0.854. The molecule has 122 valence electrons. The molecule has 1 saturated carbocycles. The number of hydrogen-bond acceptors (Lipinski definition) is 3. The van der Waals surface area contributed by atoms with E-state index in [0.717, 1.165) is 18.4 Å². The van der Waals surface area contributed by atoms with Gasteiger partial charge in [0, 0.05) is 12.6 Å². The number of carbonyl (C=O) groups is 1. The van der Waals surface area contributed by atoms with Crippen molar-refractivity contribution in [3.8, 4) is 0 Å². The van der Waals surface area contributed by atoms with E-state index in [2.05, 4.69) is 10.2 Å². The first kappa shape index (κ1) is 16.8. The predicted molar refractivity (Wildman–Crippen MR) is 85.0 cm³/mol. The number of aliphatic hydroxyl groups excluding tert-OH is 1. The summed E-state index contributed by atoms with van der Waals surface area (Å²) < 4.78 is 0. The van der Waals surface area contributed by atoms with Crippen molar-refractivity contribution >= 4 is 5.91 Å². The van der Waals surface area contributed by atoms with Crippen LogP contribution in [0.1, 0.15) is 58.8 Å². The maximum absolute atomic E-state index is 11.7. The molecule has 0 spiro atoms. The van der Waals surface area contributed by atoms with Crippen LogP contribution < -0.4 is 5.32 Å². The lowest BCUT2D eigenvalue weighted by Crippen LogP contribution is -2.41. The molecule has 1 aliphatic heterocycles. The molecule has 1 amide bonds. The molecule has 1 aliphatic carbocycles. The van der Waals surface area contributed by atoms with Crippen LogP contribution in [-0.4, -0.2) is 47.7 Å². The third kappa shape index (κ3) is 4.96. The minimum atomic E-state index is -0.866. The van der Waals surface area contributed by atoms with Gasteiger partial charge in [0.15, 0.2) is 0 Å². The van der Waals surface area contributed by atoms with E-state index in [1.54, 1.807) is 0 Å². The molecule has 2 fully saturated rings. The summed E-state index contributed by atoms with van der Waals surface area (Å²) in [5, 5.41) is 12.5. The van der Waals surface area contributed by atoms with E-state index in [-0.39, 0.29) is 11.8 Å². The summed E-state index contributed by atoms with van der Waals surface area (Å²) in [4.78, 5) is 14.4. The lowest BCUT2D eigenvalue weighted by Gasteiger charge is -2.36. The van der Waals surface area contributed by atoms with Crippen LogP contribution in [0.2, 0.25) is 0 Å². The van der Waals surface area contributed by atoms with Gasteiger partial charge in [-0.3, -0.25) is 4.79 Å². The Balaban J connectivity index is 1.59. The molecule has 21 heavy (non-hydrogen) atoms. The lowest BCUT2D eigenvalue weighted by molar-refractivity contribution is -0.131. The predicted octanol–water partition coefficient (Wildman–Crippen LogP) is 2.16. The number of amides is 1. The average molecular weight is 296 g/mol. The minimum Gasteiger partial charge on any atom is -0.383 e. The second kappa shape index (κ2) is 8.14. The van der Waals surface area contributed by atoms with Crippen molar-refractivity contribution in [2.24, 2.45) is 11.8 Å². The van der Waals surface area contributed by atoms with Gasteiger partial charge in [0.1, 0.15) is 6.10 Å². The molecule has 0 aromatic rings. The topological polar surface area (TPSA) is 52.6 Å². The fourth-order valence-corrected chi connectivity index (χ4v) is 3.68. The first-order chi connectivity index (χ1) is 10.1. The molecule has 2 rings (SSSR count). The Morgan fingerprint density at radius 2 is 1.81 bits per heavy atom. The van der Waals surface area contributed by atoms with E-state index in [4.69, 9.17) is 0 Å². The number of likely N-dealkylation sites (tertiary alicyclic amines) is 1. The number of aliphatic hydroxyl groups is 1. The molecule has 1 atom stereocenters. The maximum Gasteiger partial charge on any atom is 0.249 e. The van der Waals surface area contributed by atoms with Crippen LogP contribution >= 0.6 is 0 Å². The molecule has 2 aliphatic rings. The molecule has 0 radical (unpaired) electrons. The third-order valence-corrected chi connectivity index (χ3v) is 5.24. The Labute approximate surface area is 129 Å². The molecule has 2 N–H and O–H groups in total. The standard InChI is InChI=1S/C17H32N2O2/c1-13(2)16(20)17(21)18-10-7-14-8-11-19(12-9-14)15-5-3-4-6-15/h13-16,20H,3-12H2,1-2H3,(H,18,21)/t16-/m1/s1. The molecule has 0 aromatic heterocycles. The van der Waals surface area contributed by atoms with Crippen molar-refractivity contribution in [1.29, 1.82) is 0 Å². The highest BCUT2D eigenvalue weighted by Gasteiger charge is 2.27. The fourth-order valence-electron chi connectivity index (χ4n) is 3.68. The highest BCUT2D eigenvalue weighted by atomic mass is 16.3. The molecule has 0 unspecified atom stereocenters. The monoisotopic (exact) mass is 296 g/mol. The fraction of sp³-hybridized carbons (Fsp3) is 0.941. The van der Waals surface area contributed by atoms with Crippen molar-refractivity contribution in [2.45, 2.75) is 70.9 Å². The van der Waals surface area contributed by atoms with E-state index in [1.807, 2.05) is 13.8 Å². The van der Waals surface area contributed by atoms with Gasteiger partial charge in [-0.2, -0.15) is 0 Å². The van der Waals surface area contributed by atoms with Gasteiger partial charge < -0.3 is 15.3 Å². The first-order valence-corrected chi connectivity index (χ1v) is 8.77. The van der Waals surface area contributed by atoms with Gasteiger partial charge in [0.25, 0.3) is 0 Å². The smallest absolute Gasteiger partial charge is 0.249 e. The Kier molecular flexibility index (Phi) is 6.49. The second-order valence-corrected chi connectivity index (χ2v) is 7.19. The zero-order valence-electron chi connectivity index (χ0n) is 13.7. The number of carbonyl (C=O) groups excluding carboxylic acids is 1. The van der Waals surface area contributed by atoms with E-state index in [0.29, 0.717) is 6.54 Å². The van der Waals surface area contributed by atoms with Crippen LogP contribution in [0.5, 0.6) is 0 Å². The van der Waals surface area contributed by atoms with Crippen LogP contribution in [0.25, 0.3) is 0 Å². The van der Waals surface area contributed by atoms with Crippen molar-refractivity contribution < 1.29 is 9.90 Å². The minimum absolute atomic E-state index is 0.0142. The van der Waals surface area contributed by atoms with E-state index in [1.165, 1.54) is 51.6 Å². The SMILES string of the molecule is CC(C)[C@@H](O)C(=O)NCCC1CCN(C2CCCC2)CC1. The zero-order valence-corrected chi connectivity index (χ0v) is 13.7. The van der Waals surface area contributed by atoms with Gasteiger partial charge in [-0.05, 0) is 57.0 Å². The lowest BCUT2D eigenvalue weighted by atomic mass is 9.92. The Hall–Kier alpha value is -0.610. The zero-order chi connectivity index (χ0) is 15.2. The molecule has 4 heteroatoms. The first-order valence-electron chi connectivity index (χ1n) is 8.77. The van der Waals surface area contributed by atoms with Crippen molar-refractivity contribution in [1.82, 2.24) is 10.2 Å². The van der Waals surface area contributed by atoms with Crippen molar-refractivity contribution in [2.75, 3.05) is 19.6 Å². The Bertz CT molecular complexity index is 319. The molecule has 0 bridgehead atoms. The second-order valence-electron chi connectivity index (χ2n) is 7.19. The summed E-state index contributed by atoms with van der Waals surface area (Å²) in [5.41, 5.74) is 0. The molecule has 0 aromatic carbocycles. The Morgan fingerprint density at radius 3 is 2.38 bits per heavy atom. The summed E-state index contributed by atoms with van der Waals surface area (Å²) in [7, 11) is 0. The summed E-state index contributed by atoms with van der Waals surface area (Å²) in [6.45, 7) is 6.90. The molecule has 1 saturated heterocycles. The normalized spacial score (nSPS) is 23.6. The van der Waals surface area contributed by atoms with Crippen LogP contribution in [0.3, 0.4) is 0 Å². The van der Waals surface area contributed by atoms with Gasteiger partial charge >= 0.3 is 0 Å². The molecule has 4 nitrogen and oxygen atoms in total. The quantitative estimate of drug-likeness (QED) is 0.790. The van der Waals surface area contributed by atoms with Crippen LogP contribution in [-0.2, 0) is 4.79 Å². The largest absolute Gasteiger partial charge is 0.383 e. The number of hydrogen-bond donors (Lipinski definition) is 2. The van der Waals surface area contributed by atoms with E-state index in [9.17, 15) is 9.90 Å². The highest BCUT2D eigenvalue weighted by Crippen LogP contribution is 2.28. The van der Waals surface area contributed by atoms with Gasteiger partial charge in [-0.15, -0.1) is 0 Å². The summed E-state index contributed by atoms with van der Waals surface area (Å²) >= 11 is 0.